The van der Waals surface area contributed by atoms with Crippen LogP contribution in [-0.2, 0) is 0 Å². The molecule has 2 unspecified atom stereocenters. The minimum absolute atomic E-state index is 0.355. The zero-order valence-corrected chi connectivity index (χ0v) is 7.87. The zero-order chi connectivity index (χ0) is 8.55. The van der Waals surface area contributed by atoms with Crippen molar-refractivity contribution in [3.05, 3.63) is 0 Å². The van der Waals surface area contributed by atoms with Gasteiger partial charge in [0.05, 0.1) is 6.61 Å². The number of likely N-dealkylation sites (tertiary alicyclic amines) is 1. The summed E-state index contributed by atoms with van der Waals surface area (Å²) in [7, 11) is 0. The van der Waals surface area contributed by atoms with Crippen LogP contribution in [0.15, 0.2) is 0 Å². The summed E-state index contributed by atoms with van der Waals surface area (Å²) in [5, 5.41) is 9.20. The fourth-order valence-corrected chi connectivity index (χ4v) is 2.24. The quantitative estimate of drug-likeness (QED) is 0.684. The van der Waals surface area contributed by atoms with E-state index in [0.717, 1.165) is 5.92 Å². The van der Waals surface area contributed by atoms with E-state index in [2.05, 4.69) is 11.8 Å². The largest absolute Gasteiger partial charge is 0.395 e. The standard InChI is InChI=1S/C10H19NO/c1-8-4-5-11(10(8)7-12)6-9-2-3-9/h8-10,12H,2-7H2,1H3. The summed E-state index contributed by atoms with van der Waals surface area (Å²) in [5.74, 6) is 1.66. The van der Waals surface area contributed by atoms with Crippen molar-refractivity contribution >= 4 is 0 Å². The summed E-state index contributed by atoms with van der Waals surface area (Å²) >= 11 is 0. The Labute approximate surface area is 74.6 Å². The second kappa shape index (κ2) is 3.35. The molecule has 12 heavy (non-hydrogen) atoms. The smallest absolute Gasteiger partial charge is 0.0589 e. The van der Waals surface area contributed by atoms with Crippen molar-refractivity contribution in [1.29, 1.82) is 0 Å². The van der Waals surface area contributed by atoms with Gasteiger partial charge in [0.2, 0.25) is 0 Å². The molecule has 2 fully saturated rings. The lowest BCUT2D eigenvalue weighted by atomic mass is 10.0. The SMILES string of the molecule is CC1CCN(CC2CC2)C1CO. The Bertz CT molecular complexity index is 156. The highest BCUT2D eigenvalue weighted by Gasteiger charge is 2.34. The molecule has 0 amide bonds. The molecule has 0 aromatic carbocycles. The lowest BCUT2D eigenvalue weighted by Gasteiger charge is -2.24. The van der Waals surface area contributed by atoms with Gasteiger partial charge in [-0.3, -0.25) is 4.90 Å². The number of rotatable bonds is 3. The number of aliphatic hydroxyl groups is 1. The van der Waals surface area contributed by atoms with E-state index < -0.39 is 0 Å². The van der Waals surface area contributed by atoms with Crippen molar-refractivity contribution in [1.82, 2.24) is 4.90 Å². The minimum Gasteiger partial charge on any atom is -0.395 e. The van der Waals surface area contributed by atoms with Crippen molar-refractivity contribution < 1.29 is 5.11 Å². The highest BCUT2D eigenvalue weighted by atomic mass is 16.3. The van der Waals surface area contributed by atoms with Gasteiger partial charge in [-0.05, 0) is 37.6 Å². The van der Waals surface area contributed by atoms with Crippen molar-refractivity contribution in [2.75, 3.05) is 19.7 Å². The summed E-state index contributed by atoms with van der Waals surface area (Å²) in [6, 6.07) is 0.464. The van der Waals surface area contributed by atoms with E-state index in [1.165, 1.54) is 32.4 Å². The van der Waals surface area contributed by atoms with Gasteiger partial charge in [0.1, 0.15) is 0 Å². The maximum absolute atomic E-state index is 9.20. The normalized spacial score (nSPS) is 37.5. The lowest BCUT2D eigenvalue weighted by molar-refractivity contribution is 0.135. The summed E-state index contributed by atoms with van der Waals surface area (Å²) in [4.78, 5) is 2.49. The van der Waals surface area contributed by atoms with Crippen LogP contribution in [0, 0.1) is 11.8 Å². The molecule has 2 atom stereocenters. The van der Waals surface area contributed by atoms with Gasteiger partial charge in [0.25, 0.3) is 0 Å². The first-order valence-electron chi connectivity index (χ1n) is 5.16. The maximum atomic E-state index is 9.20. The third kappa shape index (κ3) is 1.64. The van der Waals surface area contributed by atoms with Crippen LogP contribution >= 0.6 is 0 Å². The number of aliphatic hydroxyl groups excluding tert-OH is 1. The van der Waals surface area contributed by atoms with Crippen molar-refractivity contribution in [2.24, 2.45) is 11.8 Å². The molecule has 0 aromatic heterocycles. The first-order chi connectivity index (χ1) is 5.81. The maximum Gasteiger partial charge on any atom is 0.0589 e. The third-order valence-corrected chi connectivity index (χ3v) is 3.37. The zero-order valence-electron chi connectivity index (χ0n) is 7.87. The lowest BCUT2D eigenvalue weighted by Crippen LogP contribution is -2.36. The van der Waals surface area contributed by atoms with Gasteiger partial charge < -0.3 is 5.11 Å². The predicted molar refractivity (Wildman–Crippen MR) is 49.0 cm³/mol. The predicted octanol–water partition coefficient (Wildman–Crippen LogP) is 1.10. The van der Waals surface area contributed by atoms with Crippen LogP contribution in [0.5, 0.6) is 0 Å². The molecule has 1 saturated carbocycles. The highest BCUT2D eigenvalue weighted by Crippen LogP contribution is 2.33. The van der Waals surface area contributed by atoms with E-state index in [9.17, 15) is 5.11 Å². The van der Waals surface area contributed by atoms with Crippen LogP contribution in [0.3, 0.4) is 0 Å². The van der Waals surface area contributed by atoms with E-state index in [0.29, 0.717) is 18.6 Å². The fourth-order valence-electron chi connectivity index (χ4n) is 2.24. The topological polar surface area (TPSA) is 23.5 Å². The monoisotopic (exact) mass is 169 g/mol. The molecule has 2 nitrogen and oxygen atoms in total. The molecule has 1 saturated heterocycles. The summed E-state index contributed by atoms with van der Waals surface area (Å²) in [6.45, 7) is 5.07. The van der Waals surface area contributed by atoms with Crippen molar-refractivity contribution in [2.45, 2.75) is 32.2 Å². The Morgan fingerprint density at radius 2 is 2.08 bits per heavy atom. The second-order valence-electron chi connectivity index (χ2n) is 4.45. The van der Waals surface area contributed by atoms with Gasteiger partial charge >= 0.3 is 0 Å². The molecule has 1 aliphatic heterocycles. The van der Waals surface area contributed by atoms with Crippen LogP contribution in [0.2, 0.25) is 0 Å². The van der Waals surface area contributed by atoms with Crippen LogP contribution in [-0.4, -0.2) is 35.7 Å². The van der Waals surface area contributed by atoms with E-state index >= 15 is 0 Å². The molecular formula is C10H19NO. The molecular weight excluding hydrogens is 150 g/mol. The van der Waals surface area contributed by atoms with E-state index in [1.807, 2.05) is 0 Å². The van der Waals surface area contributed by atoms with Gasteiger partial charge in [-0.25, -0.2) is 0 Å². The molecule has 1 heterocycles. The average molecular weight is 169 g/mol. The van der Waals surface area contributed by atoms with Gasteiger partial charge in [-0.15, -0.1) is 0 Å². The second-order valence-corrected chi connectivity index (χ2v) is 4.45. The Morgan fingerprint density at radius 1 is 1.33 bits per heavy atom. The first kappa shape index (κ1) is 8.52. The van der Waals surface area contributed by atoms with Crippen LogP contribution in [0.4, 0.5) is 0 Å². The van der Waals surface area contributed by atoms with E-state index in [4.69, 9.17) is 0 Å². The van der Waals surface area contributed by atoms with Gasteiger partial charge in [-0.2, -0.15) is 0 Å². The fraction of sp³-hybridized carbons (Fsp3) is 1.00. The van der Waals surface area contributed by atoms with Crippen molar-refractivity contribution in [3.8, 4) is 0 Å². The average Bonchev–Trinajstić information content (AvgIpc) is 2.78. The van der Waals surface area contributed by atoms with Crippen LogP contribution < -0.4 is 0 Å². The van der Waals surface area contributed by atoms with Crippen LogP contribution in [0.1, 0.15) is 26.2 Å². The Kier molecular flexibility index (Phi) is 2.37. The Morgan fingerprint density at radius 3 is 2.67 bits per heavy atom. The molecule has 1 N–H and O–H groups in total. The van der Waals surface area contributed by atoms with Crippen molar-refractivity contribution in [3.63, 3.8) is 0 Å². The molecule has 2 aliphatic rings. The molecule has 0 bridgehead atoms. The Hall–Kier alpha value is -0.0800. The van der Waals surface area contributed by atoms with Crippen LogP contribution in [0.25, 0.3) is 0 Å². The molecule has 1 aliphatic carbocycles. The number of nitrogens with zero attached hydrogens (tertiary/aromatic N) is 1. The minimum atomic E-state index is 0.355. The molecule has 0 aromatic rings. The van der Waals surface area contributed by atoms with Gasteiger partial charge in [0.15, 0.2) is 0 Å². The third-order valence-electron chi connectivity index (χ3n) is 3.37. The van der Waals surface area contributed by atoms with Gasteiger partial charge in [-0.1, -0.05) is 6.92 Å². The molecule has 2 rings (SSSR count). The van der Waals surface area contributed by atoms with E-state index in [1.54, 1.807) is 0 Å². The molecule has 0 radical (unpaired) electrons. The molecule has 0 spiro atoms. The number of hydrogen-bond donors (Lipinski definition) is 1. The molecule has 2 heteroatoms. The summed E-state index contributed by atoms with van der Waals surface area (Å²) in [5.41, 5.74) is 0. The van der Waals surface area contributed by atoms with E-state index in [-0.39, 0.29) is 0 Å². The summed E-state index contributed by atoms with van der Waals surface area (Å²) < 4.78 is 0. The summed E-state index contributed by atoms with van der Waals surface area (Å²) in [6.07, 6.45) is 4.12. The first-order valence-corrected chi connectivity index (χ1v) is 5.16. The molecule has 70 valence electrons. The number of hydrogen-bond acceptors (Lipinski definition) is 2. The van der Waals surface area contributed by atoms with Gasteiger partial charge in [0, 0.05) is 12.6 Å². The Balaban J connectivity index is 1.86. The highest BCUT2D eigenvalue weighted by molar-refractivity contribution is 4.88.